The first-order valence-electron chi connectivity index (χ1n) is 23.3. The molecule has 1 rings (SSSR count). The third-order valence-corrected chi connectivity index (χ3v) is 9.95. The van der Waals surface area contributed by atoms with Gasteiger partial charge in [-0.05, 0) is 89.9 Å². The highest BCUT2D eigenvalue weighted by molar-refractivity contribution is 5.70. The molecule has 0 amide bonds. The Bertz CT molecular complexity index is 1310. The fraction of sp³-hybridized carbons (Fsp3) is 0.647. The van der Waals surface area contributed by atoms with Crippen LogP contribution in [-0.4, -0.2) is 89.0 Å². The molecule has 0 bridgehead atoms. The highest BCUT2D eigenvalue weighted by atomic mass is 16.7. The first-order chi connectivity index (χ1) is 29.8. The summed E-state index contributed by atoms with van der Waals surface area (Å²) in [5.41, 5.74) is 0. The number of ether oxygens (including phenoxy) is 4. The van der Waals surface area contributed by atoms with Gasteiger partial charge in [0.2, 0.25) is 0 Å². The molecule has 10 heteroatoms. The van der Waals surface area contributed by atoms with Crippen molar-refractivity contribution in [2.24, 2.45) is 0 Å². The molecule has 0 aromatic heterocycles. The highest BCUT2D eigenvalue weighted by Crippen LogP contribution is 2.22. The number of aliphatic hydroxyl groups excluding tert-OH is 4. The summed E-state index contributed by atoms with van der Waals surface area (Å²) in [6.45, 7) is 3.19. The lowest BCUT2D eigenvalue weighted by Gasteiger charge is -2.39. The van der Waals surface area contributed by atoms with E-state index < -0.39 is 55.4 Å². The maximum atomic E-state index is 12.8. The molecule has 0 spiro atoms. The zero-order chi connectivity index (χ0) is 44.4. The minimum Gasteiger partial charge on any atom is -0.462 e. The van der Waals surface area contributed by atoms with Crippen LogP contribution in [0.3, 0.4) is 0 Å². The fourth-order valence-electron chi connectivity index (χ4n) is 6.29. The van der Waals surface area contributed by atoms with Crippen LogP contribution in [0.2, 0.25) is 0 Å². The fourth-order valence-corrected chi connectivity index (χ4v) is 6.29. The topological polar surface area (TPSA) is 152 Å². The largest absolute Gasteiger partial charge is 0.462 e. The molecule has 2 unspecified atom stereocenters. The van der Waals surface area contributed by atoms with E-state index in [0.717, 1.165) is 57.8 Å². The van der Waals surface area contributed by atoms with Gasteiger partial charge in [0.25, 0.3) is 0 Å². The van der Waals surface area contributed by atoms with Crippen LogP contribution in [0.25, 0.3) is 0 Å². The van der Waals surface area contributed by atoms with E-state index >= 15 is 0 Å². The predicted octanol–water partition coefficient (Wildman–Crippen LogP) is 10.3. The van der Waals surface area contributed by atoms with Gasteiger partial charge in [0, 0.05) is 12.8 Å². The molecule has 1 saturated heterocycles. The standard InChI is InChI=1S/C51H82O10/c1-3-5-7-9-11-13-15-17-19-20-21-22-23-24-26-28-30-32-34-36-38-40-47(54)60-44(43-59-51-50(57)49(56)48(55)45(41-52)61-51)42-58-46(53)39-37-35-33-31-29-27-25-18-16-14-12-10-8-6-4-2/h6,8,12,14,18-20,22-23,25-26,28-29,31-32,34,44-45,48-52,55-57H,3-5,7,9-11,13,15-17,21,24,27,30,33,35-43H2,1-2H3/b8-6+,14-12+,20-19+,23-22+,25-18+,28-26+,31-29+,34-32+/t44-,45-,48+,49?,50?,51-/m1/s1. The van der Waals surface area contributed by atoms with Crippen LogP contribution < -0.4 is 0 Å². The molecule has 1 aliphatic rings. The molecule has 0 radical (unpaired) electrons. The Hall–Kier alpha value is -3.38. The summed E-state index contributed by atoms with van der Waals surface area (Å²) < 4.78 is 22.1. The van der Waals surface area contributed by atoms with E-state index in [1.165, 1.54) is 51.4 Å². The molecule has 1 heterocycles. The quantitative estimate of drug-likeness (QED) is 0.0270. The van der Waals surface area contributed by atoms with E-state index in [2.05, 4.69) is 105 Å². The first kappa shape index (κ1) is 55.6. The van der Waals surface area contributed by atoms with Gasteiger partial charge in [-0.15, -0.1) is 0 Å². The van der Waals surface area contributed by atoms with Crippen LogP contribution in [0.4, 0.5) is 0 Å². The van der Waals surface area contributed by atoms with Crippen molar-refractivity contribution in [1.82, 2.24) is 0 Å². The predicted molar refractivity (Wildman–Crippen MR) is 247 cm³/mol. The van der Waals surface area contributed by atoms with Crippen molar-refractivity contribution in [2.75, 3.05) is 19.8 Å². The summed E-state index contributed by atoms with van der Waals surface area (Å²) in [7, 11) is 0. The minimum absolute atomic E-state index is 0.139. The van der Waals surface area contributed by atoms with Gasteiger partial charge >= 0.3 is 11.9 Å². The van der Waals surface area contributed by atoms with Crippen molar-refractivity contribution in [1.29, 1.82) is 0 Å². The summed E-state index contributed by atoms with van der Waals surface area (Å²) in [6.07, 6.45) is 47.1. The van der Waals surface area contributed by atoms with Crippen molar-refractivity contribution in [3.63, 3.8) is 0 Å². The van der Waals surface area contributed by atoms with Gasteiger partial charge < -0.3 is 39.4 Å². The lowest BCUT2D eigenvalue weighted by atomic mass is 9.99. The Kier molecular flexibility index (Phi) is 37.1. The monoisotopic (exact) mass is 855 g/mol. The van der Waals surface area contributed by atoms with E-state index in [9.17, 15) is 30.0 Å². The van der Waals surface area contributed by atoms with Gasteiger partial charge in [0.15, 0.2) is 12.4 Å². The second kappa shape index (κ2) is 40.7. The molecule has 0 aromatic rings. The number of rotatable bonds is 37. The maximum absolute atomic E-state index is 12.8. The molecule has 10 nitrogen and oxygen atoms in total. The second-order valence-corrected chi connectivity index (χ2v) is 15.5. The van der Waals surface area contributed by atoms with Gasteiger partial charge in [-0.25, -0.2) is 0 Å². The molecule has 0 aromatic carbocycles. The lowest BCUT2D eigenvalue weighted by Crippen LogP contribution is -2.59. The van der Waals surface area contributed by atoms with Gasteiger partial charge in [-0.3, -0.25) is 9.59 Å². The van der Waals surface area contributed by atoms with Gasteiger partial charge in [-0.2, -0.15) is 0 Å². The second-order valence-electron chi connectivity index (χ2n) is 15.5. The summed E-state index contributed by atoms with van der Waals surface area (Å²) in [5, 5.41) is 40.1. The van der Waals surface area contributed by atoms with Crippen LogP contribution >= 0.6 is 0 Å². The zero-order valence-corrected chi connectivity index (χ0v) is 37.6. The number of aliphatic hydroxyl groups is 4. The van der Waals surface area contributed by atoms with Crippen LogP contribution in [0.15, 0.2) is 97.2 Å². The number of unbranched alkanes of at least 4 members (excludes halogenated alkanes) is 10. The van der Waals surface area contributed by atoms with Gasteiger partial charge in [-0.1, -0.05) is 150 Å². The van der Waals surface area contributed by atoms with Crippen molar-refractivity contribution >= 4 is 11.9 Å². The Labute approximate surface area is 368 Å². The van der Waals surface area contributed by atoms with Crippen molar-refractivity contribution in [3.8, 4) is 0 Å². The first-order valence-corrected chi connectivity index (χ1v) is 23.3. The van der Waals surface area contributed by atoms with E-state index in [0.29, 0.717) is 19.3 Å². The van der Waals surface area contributed by atoms with E-state index in [4.69, 9.17) is 18.9 Å². The lowest BCUT2D eigenvalue weighted by molar-refractivity contribution is -0.305. The zero-order valence-electron chi connectivity index (χ0n) is 37.6. The third-order valence-electron chi connectivity index (χ3n) is 9.95. The molecular weight excluding hydrogens is 773 g/mol. The SMILES string of the molecule is CC/C=C/C/C=C/C/C=C/C/C=C/CCCCC(=O)OC[C@H](CO[C@@H]1O[C@H](CO)[C@H](O)C(O)C1O)OC(=O)CCC/C=C/C/C=C/C/C=C/C/C=C/CCCCCCCCC. The average Bonchev–Trinajstić information content (AvgIpc) is 3.26. The number of hydrogen-bond acceptors (Lipinski definition) is 10. The highest BCUT2D eigenvalue weighted by Gasteiger charge is 2.44. The third kappa shape index (κ3) is 32.0. The van der Waals surface area contributed by atoms with Gasteiger partial charge in [0.05, 0.1) is 13.2 Å². The molecule has 6 atom stereocenters. The van der Waals surface area contributed by atoms with E-state index in [1.807, 2.05) is 6.08 Å². The molecule has 1 aliphatic heterocycles. The van der Waals surface area contributed by atoms with E-state index in [-0.39, 0.29) is 26.1 Å². The molecule has 346 valence electrons. The average molecular weight is 855 g/mol. The molecule has 4 N–H and O–H groups in total. The van der Waals surface area contributed by atoms with E-state index in [1.54, 1.807) is 0 Å². The van der Waals surface area contributed by atoms with Crippen LogP contribution in [-0.2, 0) is 28.5 Å². The van der Waals surface area contributed by atoms with Crippen LogP contribution in [0.1, 0.15) is 155 Å². The van der Waals surface area contributed by atoms with Crippen LogP contribution in [0.5, 0.6) is 0 Å². The van der Waals surface area contributed by atoms with Crippen molar-refractivity contribution in [2.45, 2.75) is 192 Å². The summed E-state index contributed by atoms with van der Waals surface area (Å²) >= 11 is 0. The number of allylic oxidation sites excluding steroid dienone is 16. The number of hydrogen-bond donors (Lipinski definition) is 4. The van der Waals surface area contributed by atoms with Crippen molar-refractivity contribution < 1.29 is 49.0 Å². The van der Waals surface area contributed by atoms with Crippen LogP contribution in [0, 0.1) is 0 Å². The number of carbonyl (C=O) groups excluding carboxylic acids is 2. The molecule has 0 saturated carbocycles. The Morgan fingerprint density at radius 1 is 0.525 bits per heavy atom. The maximum Gasteiger partial charge on any atom is 0.306 e. The Morgan fingerprint density at radius 3 is 1.51 bits per heavy atom. The number of esters is 2. The minimum atomic E-state index is -1.62. The summed E-state index contributed by atoms with van der Waals surface area (Å²) in [5.74, 6) is -0.931. The van der Waals surface area contributed by atoms with Gasteiger partial charge in [0.1, 0.15) is 31.0 Å². The number of carbonyl (C=O) groups is 2. The molecule has 1 fully saturated rings. The smallest absolute Gasteiger partial charge is 0.306 e. The molecule has 61 heavy (non-hydrogen) atoms. The summed E-state index contributed by atoms with van der Waals surface area (Å²) in [6, 6.07) is 0. The molecule has 0 aliphatic carbocycles. The normalized spacial score (nSPS) is 20.7. The Morgan fingerprint density at radius 2 is 0.984 bits per heavy atom. The Balaban J connectivity index is 2.40. The molecular formula is C51H82O10. The summed E-state index contributed by atoms with van der Waals surface area (Å²) in [4.78, 5) is 25.3. The van der Waals surface area contributed by atoms with Crippen molar-refractivity contribution in [3.05, 3.63) is 97.2 Å².